The minimum atomic E-state index is -4.04. The first kappa shape index (κ1) is 23.4. The molecule has 0 aliphatic rings. The van der Waals surface area contributed by atoms with Gasteiger partial charge >= 0.3 is 145 Å². The zero-order valence-corrected chi connectivity index (χ0v) is 19.1. The van der Waals surface area contributed by atoms with Crippen molar-refractivity contribution in [2.24, 2.45) is 0 Å². The topological polar surface area (TPSA) is 59.1 Å². The van der Waals surface area contributed by atoms with Crippen LogP contribution in [-0.2, 0) is 18.6 Å². The molecule has 6 nitrogen and oxygen atoms in total. The zero-order chi connectivity index (χ0) is 18.6. The van der Waals surface area contributed by atoms with Gasteiger partial charge in [-0.3, -0.25) is 0 Å². The van der Waals surface area contributed by atoms with E-state index in [0.29, 0.717) is 0 Å². The van der Waals surface area contributed by atoms with Crippen molar-refractivity contribution in [3.8, 4) is 0 Å². The van der Waals surface area contributed by atoms with E-state index in [-0.39, 0.29) is 0 Å². The van der Waals surface area contributed by atoms with E-state index in [4.69, 9.17) is 8.15 Å². The Hall–Kier alpha value is 0.437. The van der Waals surface area contributed by atoms with Crippen molar-refractivity contribution in [2.75, 3.05) is 45.7 Å². The summed E-state index contributed by atoms with van der Waals surface area (Å²) in [7, 11) is -7.85. The molecule has 0 bridgehead atoms. The third-order valence-corrected chi connectivity index (χ3v) is 17.7. The fraction of sp³-hybridized carbons (Fsp3) is 1.00. The Morgan fingerprint density at radius 3 is 1.48 bits per heavy atom. The summed E-state index contributed by atoms with van der Waals surface area (Å²) in [5, 5.41) is 0. The van der Waals surface area contributed by atoms with Gasteiger partial charge in [-0.1, -0.05) is 0 Å². The van der Waals surface area contributed by atoms with E-state index in [1.54, 1.807) is 0 Å². The van der Waals surface area contributed by atoms with Crippen molar-refractivity contribution in [2.45, 2.75) is 47.3 Å². The molecule has 0 aliphatic carbocycles. The van der Waals surface area contributed by atoms with Crippen molar-refractivity contribution in [3.63, 3.8) is 0 Å². The average molecular weight is 389 g/mol. The van der Waals surface area contributed by atoms with Gasteiger partial charge in [-0.05, 0) is 0 Å². The molecule has 0 amide bonds. The molecule has 0 aromatic carbocycles. The summed E-state index contributed by atoms with van der Waals surface area (Å²) < 4.78 is 39.8. The second-order valence-electron chi connectivity index (χ2n) is 7.21. The Bertz CT molecular complexity index is 462. The first-order valence-corrected chi connectivity index (χ1v) is 16.1. The SMILES string of the molecule is CCN(CC)P(C)(C[Si](C)(C)C)(OS(=O)(=O)OC)N(CC)CC. The molecule has 0 heterocycles. The first-order valence-electron chi connectivity index (χ1n) is 8.37. The molecule has 0 atom stereocenters. The Balaban J connectivity index is 6.55. The van der Waals surface area contributed by atoms with E-state index < -0.39 is 25.6 Å². The molecule has 0 unspecified atom stereocenters. The van der Waals surface area contributed by atoms with E-state index in [9.17, 15) is 8.42 Å². The van der Waals surface area contributed by atoms with Gasteiger partial charge in [-0.15, -0.1) is 0 Å². The molecule has 0 saturated heterocycles. The molecule has 0 aliphatic heterocycles. The van der Waals surface area contributed by atoms with Gasteiger partial charge in [0, 0.05) is 0 Å². The van der Waals surface area contributed by atoms with Crippen LogP contribution in [0.1, 0.15) is 27.7 Å². The van der Waals surface area contributed by atoms with Gasteiger partial charge in [0.05, 0.1) is 0 Å². The van der Waals surface area contributed by atoms with E-state index in [1.807, 2.05) is 6.66 Å². The maximum absolute atomic E-state index is 12.3. The van der Waals surface area contributed by atoms with Crippen molar-refractivity contribution in [3.05, 3.63) is 0 Å². The summed E-state index contributed by atoms with van der Waals surface area (Å²) >= 11 is 0. The second-order valence-corrected chi connectivity index (χ2v) is 19.6. The van der Waals surface area contributed by atoms with Crippen molar-refractivity contribution in [1.29, 1.82) is 0 Å². The number of hydrogen-bond acceptors (Lipinski definition) is 6. The van der Waals surface area contributed by atoms with Crippen molar-refractivity contribution >= 4 is 25.6 Å². The monoisotopic (exact) mass is 388 g/mol. The minimum absolute atomic E-state index is 0.741. The van der Waals surface area contributed by atoms with Crippen LogP contribution >= 0.6 is 7.13 Å². The number of nitrogens with zero attached hydrogens (tertiary/aromatic N) is 2. The van der Waals surface area contributed by atoms with Gasteiger partial charge in [0.1, 0.15) is 0 Å². The van der Waals surface area contributed by atoms with E-state index in [2.05, 4.69) is 56.7 Å². The zero-order valence-electron chi connectivity index (χ0n) is 16.4. The van der Waals surface area contributed by atoms with Crippen LogP contribution in [0.2, 0.25) is 19.6 Å². The molecule has 0 aromatic rings. The van der Waals surface area contributed by atoms with Crippen LogP contribution in [0.4, 0.5) is 0 Å². The summed E-state index contributed by atoms with van der Waals surface area (Å²) in [5.74, 6) is 0.782. The average Bonchev–Trinajstić information content (AvgIpc) is 2.38. The van der Waals surface area contributed by atoms with Crippen molar-refractivity contribution in [1.82, 2.24) is 9.34 Å². The molecule has 0 radical (unpaired) electrons. The van der Waals surface area contributed by atoms with E-state index >= 15 is 0 Å². The van der Waals surface area contributed by atoms with Gasteiger partial charge in [0.2, 0.25) is 0 Å². The Morgan fingerprint density at radius 2 is 1.26 bits per heavy atom. The third kappa shape index (κ3) is 5.46. The summed E-state index contributed by atoms with van der Waals surface area (Å²) in [5.41, 5.74) is 0. The molecule has 0 N–H and O–H groups in total. The summed E-state index contributed by atoms with van der Waals surface area (Å²) in [6.07, 6.45) is 0. The quantitative estimate of drug-likeness (QED) is 0.399. The number of rotatable bonds is 11. The van der Waals surface area contributed by atoms with Crippen LogP contribution in [0.25, 0.3) is 0 Å². The predicted octanol–water partition coefficient (Wildman–Crippen LogP) is 3.38. The van der Waals surface area contributed by atoms with Crippen LogP contribution in [-0.4, -0.2) is 71.6 Å². The van der Waals surface area contributed by atoms with Crippen molar-refractivity contribution < 1.29 is 16.6 Å². The molecule has 0 fully saturated rings. The Labute approximate surface area is 145 Å². The van der Waals surface area contributed by atoms with Crippen LogP contribution in [0, 0.1) is 0 Å². The van der Waals surface area contributed by atoms with Gasteiger partial charge in [-0.25, -0.2) is 0 Å². The summed E-state index contributed by atoms with van der Waals surface area (Å²) in [6.45, 7) is 20.0. The van der Waals surface area contributed by atoms with Crippen LogP contribution < -0.4 is 0 Å². The molecular formula is C14H37N2O4PSSi. The summed E-state index contributed by atoms with van der Waals surface area (Å²) in [6, 6.07) is 0. The fourth-order valence-electron chi connectivity index (χ4n) is 3.76. The van der Waals surface area contributed by atoms with Gasteiger partial charge in [0.25, 0.3) is 0 Å². The summed E-state index contributed by atoms with van der Waals surface area (Å²) in [4.78, 5) is 0. The number of hydrogen-bond donors (Lipinski definition) is 0. The van der Waals surface area contributed by atoms with Gasteiger partial charge in [-0.2, -0.15) is 0 Å². The molecule has 23 heavy (non-hydrogen) atoms. The third-order valence-electron chi connectivity index (χ3n) is 4.24. The second kappa shape index (κ2) is 8.21. The van der Waals surface area contributed by atoms with Gasteiger partial charge < -0.3 is 0 Å². The molecule has 0 spiro atoms. The van der Waals surface area contributed by atoms with Gasteiger partial charge in [0.15, 0.2) is 0 Å². The van der Waals surface area contributed by atoms with E-state index in [1.165, 1.54) is 0 Å². The molecule has 0 saturated carbocycles. The predicted molar refractivity (Wildman–Crippen MR) is 104 cm³/mol. The van der Waals surface area contributed by atoms with Crippen LogP contribution in [0.3, 0.4) is 0 Å². The van der Waals surface area contributed by atoms with E-state index in [0.717, 1.165) is 39.1 Å². The first-order chi connectivity index (χ1) is 10.3. The van der Waals surface area contributed by atoms with Crippen LogP contribution in [0.15, 0.2) is 0 Å². The maximum atomic E-state index is 12.3. The molecule has 0 rings (SSSR count). The normalized spacial score (nSPS) is 15.9. The Morgan fingerprint density at radius 1 is 0.913 bits per heavy atom. The molecule has 9 heteroatoms. The fourth-order valence-corrected chi connectivity index (χ4v) is 20.9. The standard InChI is InChI=1S/C14H37N2O4PSSi/c1-10-15(11-2)21(6,14-23(7,8)9,16(12-3)13-4)20-22(17,18)19-5/h10-14H2,1-9H3. The van der Waals surface area contributed by atoms with Crippen LogP contribution in [0.5, 0.6) is 0 Å². The molecule has 142 valence electrons. The molecule has 0 aromatic heterocycles. The Kier molecular flexibility index (Phi) is 8.37. The molecular weight excluding hydrogens is 351 g/mol.